The molecule has 0 aliphatic rings. The first-order valence-corrected chi connectivity index (χ1v) is 8.92. The summed E-state index contributed by atoms with van der Waals surface area (Å²) in [6, 6.07) is 9.33. The fourth-order valence-electron chi connectivity index (χ4n) is 1.46. The highest BCUT2D eigenvalue weighted by molar-refractivity contribution is 7.89. The zero-order valence-corrected chi connectivity index (χ0v) is 14.3. The highest BCUT2D eigenvalue weighted by Gasteiger charge is 2.05. The van der Waals surface area contributed by atoms with Crippen molar-refractivity contribution >= 4 is 39.0 Å². The van der Waals surface area contributed by atoms with Gasteiger partial charge in [0, 0.05) is 17.5 Å². The molecule has 23 heavy (non-hydrogen) atoms. The van der Waals surface area contributed by atoms with E-state index in [0.29, 0.717) is 15.7 Å². The van der Waals surface area contributed by atoms with Gasteiger partial charge in [0.15, 0.2) is 9.84 Å². The zero-order valence-electron chi connectivity index (χ0n) is 11.9. The average molecular weight is 378 g/mol. The van der Waals surface area contributed by atoms with E-state index in [2.05, 4.69) is 9.87 Å². The van der Waals surface area contributed by atoms with Crippen molar-refractivity contribution in [1.82, 2.24) is 4.98 Å². The number of aromatic nitrogens is 1. The molecule has 9 heteroatoms. The summed E-state index contributed by atoms with van der Waals surface area (Å²) < 4.78 is 21.6. The average Bonchev–Trinajstić information content (AvgIpc) is 2.48. The number of nitrogens with zero attached hydrogens (tertiary/aromatic N) is 1. The number of hydrogen-bond acceptors (Lipinski definition) is 6. The highest BCUT2D eigenvalue weighted by atomic mass is 35.5. The van der Waals surface area contributed by atoms with Crippen molar-refractivity contribution in [2.24, 2.45) is 0 Å². The summed E-state index contributed by atoms with van der Waals surface area (Å²) >= 11 is 11.1. The van der Waals surface area contributed by atoms with Gasteiger partial charge in [-0.3, -0.25) is 4.89 Å². The molecule has 1 N–H and O–H groups in total. The van der Waals surface area contributed by atoms with E-state index in [4.69, 9.17) is 28.5 Å². The van der Waals surface area contributed by atoms with Crippen LogP contribution in [0.25, 0.3) is 0 Å². The Balaban J connectivity index is 0.000000231. The second-order valence-electron chi connectivity index (χ2n) is 4.45. The molecule has 2 rings (SSSR count). The van der Waals surface area contributed by atoms with Crippen LogP contribution in [0.5, 0.6) is 0 Å². The fourth-order valence-corrected chi connectivity index (χ4v) is 2.54. The summed E-state index contributed by atoms with van der Waals surface area (Å²) in [6.45, 7) is 0. The van der Waals surface area contributed by atoms with Gasteiger partial charge in [0.25, 0.3) is 0 Å². The third-order valence-electron chi connectivity index (χ3n) is 2.36. The molecule has 0 atom stereocenters. The minimum absolute atomic E-state index is 0.0111. The van der Waals surface area contributed by atoms with Crippen molar-refractivity contribution in [3.63, 3.8) is 0 Å². The number of sulfone groups is 1. The molecule has 0 saturated heterocycles. The summed E-state index contributed by atoms with van der Waals surface area (Å²) in [4.78, 5) is 17.9. The minimum Gasteiger partial charge on any atom is -0.296 e. The molecule has 6 nitrogen and oxygen atoms in total. The van der Waals surface area contributed by atoms with E-state index in [9.17, 15) is 13.2 Å². The Morgan fingerprint density at radius 3 is 2.43 bits per heavy atom. The van der Waals surface area contributed by atoms with Crippen LogP contribution in [0.1, 0.15) is 15.9 Å². The van der Waals surface area contributed by atoms with Crippen LogP contribution in [0.15, 0.2) is 42.6 Å². The van der Waals surface area contributed by atoms with Crippen molar-refractivity contribution in [2.45, 2.75) is 5.75 Å². The van der Waals surface area contributed by atoms with Gasteiger partial charge >= 0.3 is 5.97 Å². The minimum atomic E-state index is -2.97. The second kappa shape index (κ2) is 8.83. The lowest BCUT2D eigenvalue weighted by Gasteiger charge is -1.97. The molecule has 2 aromatic rings. The number of rotatable bonds is 3. The fraction of sp³-hybridized carbons (Fsp3) is 0.143. The van der Waals surface area contributed by atoms with Crippen molar-refractivity contribution in [3.8, 4) is 0 Å². The van der Waals surface area contributed by atoms with Crippen LogP contribution < -0.4 is 0 Å². The molecule has 0 spiro atoms. The predicted octanol–water partition coefficient (Wildman–Crippen LogP) is 3.25. The van der Waals surface area contributed by atoms with E-state index in [-0.39, 0.29) is 11.3 Å². The number of pyridine rings is 1. The molecule has 0 amide bonds. The van der Waals surface area contributed by atoms with Gasteiger partial charge in [0.2, 0.25) is 0 Å². The largest absolute Gasteiger partial charge is 0.372 e. The topological polar surface area (TPSA) is 93.6 Å². The SMILES string of the molecule is CS(=O)(=O)Cc1ccc(Cl)nc1.O=C(OO)c1cccc(Cl)c1. The third-order valence-corrected chi connectivity index (χ3v) is 3.68. The Bertz CT molecular complexity index is 763. The number of halogens is 2. The van der Waals surface area contributed by atoms with E-state index >= 15 is 0 Å². The Labute approximate surface area is 143 Å². The normalized spacial score (nSPS) is 10.4. The molecule has 1 aromatic heterocycles. The van der Waals surface area contributed by atoms with Gasteiger partial charge < -0.3 is 0 Å². The smallest absolute Gasteiger partial charge is 0.296 e. The summed E-state index contributed by atoms with van der Waals surface area (Å²) in [5, 5.41) is 8.78. The van der Waals surface area contributed by atoms with Crippen molar-refractivity contribution < 1.29 is 23.4 Å². The third kappa shape index (κ3) is 7.94. The maximum atomic E-state index is 10.8. The molecule has 0 aliphatic heterocycles. The van der Waals surface area contributed by atoms with E-state index < -0.39 is 15.8 Å². The van der Waals surface area contributed by atoms with Crippen LogP contribution in [0, 0.1) is 0 Å². The van der Waals surface area contributed by atoms with Crippen LogP contribution >= 0.6 is 23.2 Å². The van der Waals surface area contributed by atoms with E-state index in [1.807, 2.05) is 0 Å². The first kappa shape index (κ1) is 19.4. The van der Waals surface area contributed by atoms with E-state index in [0.717, 1.165) is 0 Å². The first-order chi connectivity index (χ1) is 10.7. The molecule has 0 radical (unpaired) electrons. The van der Waals surface area contributed by atoms with Crippen molar-refractivity contribution in [2.75, 3.05) is 6.26 Å². The first-order valence-electron chi connectivity index (χ1n) is 6.11. The van der Waals surface area contributed by atoms with Crippen LogP contribution in [0.3, 0.4) is 0 Å². The van der Waals surface area contributed by atoms with E-state index in [1.165, 1.54) is 24.6 Å². The van der Waals surface area contributed by atoms with Gasteiger partial charge in [-0.05, 0) is 29.8 Å². The van der Waals surface area contributed by atoms with Gasteiger partial charge in [-0.25, -0.2) is 18.2 Å². The number of benzene rings is 1. The number of carbonyl (C=O) groups is 1. The maximum absolute atomic E-state index is 10.8. The molecule has 0 aliphatic carbocycles. The molecular weight excluding hydrogens is 365 g/mol. The Morgan fingerprint density at radius 1 is 1.26 bits per heavy atom. The Kier molecular flexibility index (Phi) is 7.44. The predicted molar refractivity (Wildman–Crippen MR) is 87.3 cm³/mol. The molecular formula is C14H13Cl2NO5S. The van der Waals surface area contributed by atoms with Gasteiger partial charge in [-0.15, -0.1) is 0 Å². The monoisotopic (exact) mass is 377 g/mol. The Morgan fingerprint density at radius 2 is 1.96 bits per heavy atom. The molecule has 1 heterocycles. The standard InChI is InChI=1S/C7H8ClNO2S.C7H5ClO3/c1-12(10,11)5-6-2-3-7(8)9-4-6;8-6-3-1-2-5(4-6)7(9)11-10/h2-4H,5H2,1H3;1-4,10H. The molecule has 0 bridgehead atoms. The van der Waals surface area contributed by atoms with Gasteiger partial charge in [0.1, 0.15) is 5.15 Å². The van der Waals surface area contributed by atoms with Gasteiger partial charge in [0.05, 0.1) is 11.3 Å². The van der Waals surface area contributed by atoms with Crippen LogP contribution in [-0.2, 0) is 20.5 Å². The molecule has 124 valence electrons. The molecule has 0 fully saturated rings. The Hall–Kier alpha value is -1.67. The maximum Gasteiger partial charge on any atom is 0.372 e. The van der Waals surface area contributed by atoms with Crippen LogP contribution in [0.2, 0.25) is 10.2 Å². The van der Waals surface area contributed by atoms with Gasteiger partial charge in [-0.1, -0.05) is 35.3 Å². The lowest BCUT2D eigenvalue weighted by Crippen LogP contribution is -2.00. The van der Waals surface area contributed by atoms with Crippen molar-refractivity contribution in [3.05, 3.63) is 63.9 Å². The molecule has 0 saturated carbocycles. The van der Waals surface area contributed by atoms with E-state index in [1.54, 1.807) is 24.3 Å². The number of carbonyl (C=O) groups excluding carboxylic acids is 1. The van der Waals surface area contributed by atoms with Gasteiger partial charge in [-0.2, -0.15) is 5.26 Å². The molecule has 0 unspecified atom stereocenters. The molecule has 1 aromatic carbocycles. The van der Waals surface area contributed by atoms with Crippen molar-refractivity contribution in [1.29, 1.82) is 0 Å². The van der Waals surface area contributed by atoms with Crippen LogP contribution in [0.4, 0.5) is 0 Å². The summed E-state index contributed by atoms with van der Waals surface area (Å²) in [5.74, 6) is -0.801. The quantitative estimate of drug-likeness (QED) is 0.501. The lowest BCUT2D eigenvalue weighted by atomic mass is 10.2. The summed E-state index contributed by atoms with van der Waals surface area (Å²) in [6.07, 6.45) is 2.64. The number of hydrogen-bond donors (Lipinski definition) is 1. The summed E-state index contributed by atoms with van der Waals surface area (Å²) in [5.41, 5.74) is 0.877. The highest BCUT2D eigenvalue weighted by Crippen LogP contribution is 2.11. The van der Waals surface area contributed by atoms with Crippen LogP contribution in [-0.4, -0.2) is 30.9 Å². The lowest BCUT2D eigenvalue weighted by molar-refractivity contribution is -0.182. The second-order valence-corrected chi connectivity index (χ2v) is 7.41. The summed E-state index contributed by atoms with van der Waals surface area (Å²) in [7, 11) is -2.97. The zero-order chi connectivity index (χ0) is 17.5.